The van der Waals surface area contributed by atoms with Crippen molar-refractivity contribution in [3.8, 4) is 5.75 Å². The summed E-state index contributed by atoms with van der Waals surface area (Å²) >= 11 is 0. The number of amides is 2. The number of carbonyl (C=O) groups is 2. The van der Waals surface area contributed by atoms with Crippen LogP contribution in [0.2, 0.25) is 0 Å². The zero-order chi connectivity index (χ0) is 30.0. The summed E-state index contributed by atoms with van der Waals surface area (Å²) in [4.78, 5) is 29.1. The smallest absolute Gasteiger partial charge is 0.264 e. The van der Waals surface area contributed by atoms with Gasteiger partial charge in [0.2, 0.25) is 11.8 Å². The van der Waals surface area contributed by atoms with Gasteiger partial charge in [-0.3, -0.25) is 13.9 Å². The molecule has 0 aliphatic heterocycles. The highest BCUT2D eigenvalue weighted by atomic mass is 32.2. The van der Waals surface area contributed by atoms with Gasteiger partial charge in [0.1, 0.15) is 18.3 Å². The number of nitrogens with one attached hydrogen (secondary N) is 1. The SMILES string of the molecule is CCOc1ccc(S(=O)(=O)N(CC(=O)N(Cc2ccccc2C)[C@H](CC)C(=O)N[C@H](C)CC)c2ccccc2)cc1. The zero-order valence-corrected chi connectivity index (χ0v) is 25.4. The van der Waals surface area contributed by atoms with Crippen LogP contribution in [0.15, 0.2) is 83.8 Å². The van der Waals surface area contributed by atoms with Gasteiger partial charge in [0.05, 0.1) is 17.2 Å². The second-order valence-corrected chi connectivity index (χ2v) is 11.8. The molecule has 2 atom stereocenters. The van der Waals surface area contributed by atoms with Crippen LogP contribution in [-0.4, -0.2) is 50.4 Å². The highest BCUT2D eigenvalue weighted by molar-refractivity contribution is 7.92. The summed E-state index contributed by atoms with van der Waals surface area (Å²) in [5.74, 6) is -0.182. The lowest BCUT2D eigenvalue weighted by atomic mass is 10.1. The van der Waals surface area contributed by atoms with E-state index in [0.29, 0.717) is 24.5 Å². The molecule has 0 aliphatic carbocycles. The molecule has 220 valence electrons. The van der Waals surface area contributed by atoms with E-state index in [2.05, 4.69) is 5.32 Å². The number of aryl methyl sites for hydroxylation is 1. The Bertz CT molecular complexity index is 1390. The van der Waals surface area contributed by atoms with Gasteiger partial charge in [0.25, 0.3) is 10.0 Å². The van der Waals surface area contributed by atoms with Crippen molar-refractivity contribution in [1.82, 2.24) is 10.2 Å². The largest absolute Gasteiger partial charge is 0.494 e. The number of nitrogens with zero attached hydrogens (tertiary/aromatic N) is 2. The average Bonchev–Trinajstić information content (AvgIpc) is 2.97. The van der Waals surface area contributed by atoms with Crippen LogP contribution in [0.4, 0.5) is 5.69 Å². The van der Waals surface area contributed by atoms with E-state index in [4.69, 9.17) is 4.74 Å². The molecular formula is C32H41N3O5S. The van der Waals surface area contributed by atoms with Crippen molar-refractivity contribution in [2.75, 3.05) is 17.5 Å². The minimum Gasteiger partial charge on any atom is -0.494 e. The van der Waals surface area contributed by atoms with E-state index in [9.17, 15) is 18.0 Å². The van der Waals surface area contributed by atoms with E-state index < -0.39 is 28.5 Å². The molecule has 0 unspecified atom stereocenters. The number of hydrogen-bond donors (Lipinski definition) is 1. The summed E-state index contributed by atoms with van der Waals surface area (Å²) < 4.78 is 34.5. The van der Waals surface area contributed by atoms with Gasteiger partial charge in [0.15, 0.2) is 0 Å². The molecule has 0 aromatic heterocycles. The Morgan fingerprint density at radius 2 is 1.51 bits per heavy atom. The first kappa shape index (κ1) is 31.7. The maximum absolute atomic E-state index is 14.1. The summed E-state index contributed by atoms with van der Waals surface area (Å²) in [7, 11) is -4.14. The number of benzene rings is 3. The second-order valence-electron chi connectivity index (χ2n) is 9.94. The third-order valence-electron chi connectivity index (χ3n) is 7.03. The molecule has 0 bridgehead atoms. The van der Waals surface area contributed by atoms with E-state index >= 15 is 0 Å². The topological polar surface area (TPSA) is 96.0 Å². The molecule has 0 saturated carbocycles. The maximum atomic E-state index is 14.1. The fourth-order valence-electron chi connectivity index (χ4n) is 4.46. The Balaban J connectivity index is 2.03. The van der Waals surface area contributed by atoms with E-state index in [0.717, 1.165) is 21.9 Å². The summed E-state index contributed by atoms with van der Waals surface area (Å²) in [5.41, 5.74) is 2.21. The van der Waals surface area contributed by atoms with Gasteiger partial charge in [-0.05, 0) is 81.1 Å². The average molecular weight is 580 g/mol. The van der Waals surface area contributed by atoms with Crippen molar-refractivity contribution in [2.24, 2.45) is 0 Å². The van der Waals surface area contributed by atoms with Crippen LogP contribution in [0.3, 0.4) is 0 Å². The molecule has 9 heteroatoms. The molecule has 41 heavy (non-hydrogen) atoms. The lowest BCUT2D eigenvalue weighted by molar-refractivity contribution is -0.140. The summed E-state index contributed by atoms with van der Waals surface area (Å²) in [5, 5.41) is 3.00. The van der Waals surface area contributed by atoms with Crippen molar-refractivity contribution >= 4 is 27.5 Å². The lowest BCUT2D eigenvalue weighted by Gasteiger charge is -2.34. The van der Waals surface area contributed by atoms with E-state index in [-0.39, 0.29) is 23.4 Å². The van der Waals surface area contributed by atoms with Gasteiger partial charge in [0, 0.05) is 12.6 Å². The minimum absolute atomic E-state index is 0.0321. The van der Waals surface area contributed by atoms with E-state index in [1.807, 2.05) is 58.9 Å². The fourth-order valence-corrected chi connectivity index (χ4v) is 5.87. The van der Waals surface area contributed by atoms with E-state index in [1.165, 1.54) is 17.0 Å². The molecule has 2 amide bonds. The molecule has 0 fully saturated rings. The number of hydrogen-bond acceptors (Lipinski definition) is 5. The third kappa shape index (κ3) is 8.10. The normalized spacial score (nSPS) is 12.7. The van der Waals surface area contributed by atoms with Gasteiger partial charge in [-0.15, -0.1) is 0 Å². The van der Waals surface area contributed by atoms with Gasteiger partial charge < -0.3 is 15.0 Å². The Morgan fingerprint density at radius 3 is 2.10 bits per heavy atom. The molecule has 0 spiro atoms. The standard InChI is InChI=1S/C32H41N3O5S/c1-6-25(5)33-32(37)30(7-2)34(22-26-15-13-12-14-24(26)4)31(36)23-35(27-16-10-9-11-17-27)41(38,39)29-20-18-28(19-21-29)40-8-3/h9-21,25,30H,6-8,22-23H2,1-5H3,(H,33,37)/t25-,30-/m1/s1. The fraction of sp³-hybridized carbons (Fsp3) is 0.375. The summed E-state index contributed by atoms with van der Waals surface area (Å²) in [6.07, 6.45) is 1.12. The molecular weight excluding hydrogens is 538 g/mol. The van der Waals surface area contributed by atoms with Gasteiger partial charge in [-0.25, -0.2) is 8.42 Å². The third-order valence-corrected chi connectivity index (χ3v) is 8.82. The Morgan fingerprint density at radius 1 is 0.878 bits per heavy atom. The Kier molecular flexibility index (Phi) is 11.3. The quantitative estimate of drug-likeness (QED) is 0.279. The molecule has 0 radical (unpaired) electrons. The molecule has 1 N–H and O–H groups in total. The Hall–Kier alpha value is -3.85. The van der Waals surface area contributed by atoms with Crippen molar-refractivity contribution in [1.29, 1.82) is 0 Å². The van der Waals surface area contributed by atoms with Crippen LogP contribution in [-0.2, 0) is 26.2 Å². The predicted octanol–water partition coefficient (Wildman–Crippen LogP) is 5.31. The highest BCUT2D eigenvalue weighted by Crippen LogP contribution is 2.26. The van der Waals surface area contributed by atoms with Crippen molar-refractivity contribution < 1.29 is 22.7 Å². The number of ether oxygens (including phenoxy) is 1. The van der Waals surface area contributed by atoms with Crippen LogP contribution in [0.25, 0.3) is 0 Å². The number of carbonyl (C=O) groups excluding carboxylic acids is 2. The number of rotatable bonds is 14. The lowest BCUT2D eigenvalue weighted by Crippen LogP contribution is -2.53. The van der Waals surface area contributed by atoms with Crippen molar-refractivity contribution in [2.45, 2.75) is 71.0 Å². The molecule has 8 nitrogen and oxygen atoms in total. The molecule has 3 aromatic carbocycles. The molecule has 0 heterocycles. The summed E-state index contributed by atoms with van der Waals surface area (Å²) in [6, 6.07) is 21.5. The van der Waals surface area contributed by atoms with E-state index in [1.54, 1.807) is 42.5 Å². The van der Waals surface area contributed by atoms with Crippen LogP contribution >= 0.6 is 0 Å². The highest BCUT2D eigenvalue weighted by Gasteiger charge is 2.34. The molecule has 3 rings (SSSR count). The predicted molar refractivity (Wildman–Crippen MR) is 162 cm³/mol. The molecule has 3 aromatic rings. The van der Waals surface area contributed by atoms with Gasteiger partial charge >= 0.3 is 0 Å². The first-order valence-corrected chi connectivity index (χ1v) is 15.5. The summed E-state index contributed by atoms with van der Waals surface area (Å²) in [6.45, 7) is 9.70. The number of para-hydroxylation sites is 1. The maximum Gasteiger partial charge on any atom is 0.264 e. The number of anilines is 1. The molecule has 0 saturated heterocycles. The second kappa shape index (κ2) is 14.7. The van der Waals surface area contributed by atoms with Crippen LogP contribution in [0, 0.1) is 6.92 Å². The zero-order valence-electron chi connectivity index (χ0n) is 24.5. The first-order chi connectivity index (χ1) is 19.6. The first-order valence-electron chi connectivity index (χ1n) is 14.1. The van der Waals surface area contributed by atoms with Crippen molar-refractivity contribution in [3.05, 3.63) is 90.0 Å². The van der Waals surface area contributed by atoms with Gasteiger partial charge in [-0.1, -0.05) is 56.3 Å². The monoisotopic (exact) mass is 579 g/mol. The Labute approximate surface area is 244 Å². The van der Waals surface area contributed by atoms with Gasteiger partial charge in [-0.2, -0.15) is 0 Å². The molecule has 0 aliphatic rings. The minimum atomic E-state index is -4.14. The number of sulfonamides is 1. The van der Waals surface area contributed by atoms with Crippen molar-refractivity contribution in [3.63, 3.8) is 0 Å². The van der Waals surface area contributed by atoms with Crippen LogP contribution < -0.4 is 14.4 Å². The van der Waals surface area contributed by atoms with Crippen LogP contribution in [0.1, 0.15) is 51.7 Å². The van der Waals surface area contributed by atoms with Crippen LogP contribution in [0.5, 0.6) is 5.75 Å².